The minimum Gasteiger partial charge on any atom is -0.383 e. The number of benzene rings is 1. The summed E-state index contributed by atoms with van der Waals surface area (Å²) in [7, 11) is 1.88. The fraction of sp³-hybridized carbons (Fsp3) is 0.267. The van der Waals surface area contributed by atoms with Gasteiger partial charge in [-0.05, 0) is 49.2 Å². The molecule has 1 aromatic heterocycles. The SMILES string of the molecule is CNC(Cc1ccc(F)cc1Cl)Cc1cccnc1N. The Hall–Kier alpha value is -1.65. The van der Waals surface area contributed by atoms with Crippen LogP contribution in [0.3, 0.4) is 0 Å². The molecule has 106 valence electrons. The highest BCUT2D eigenvalue weighted by atomic mass is 35.5. The van der Waals surface area contributed by atoms with E-state index in [4.69, 9.17) is 17.3 Å². The number of hydrogen-bond acceptors (Lipinski definition) is 3. The van der Waals surface area contributed by atoms with Gasteiger partial charge in [0.25, 0.3) is 0 Å². The van der Waals surface area contributed by atoms with Crippen LogP contribution in [0.15, 0.2) is 36.5 Å². The molecule has 1 aromatic carbocycles. The van der Waals surface area contributed by atoms with Crippen LogP contribution in [0, 0.1) is 5.82 Å². The van der Waals surface area contributed by atoms with E-state index < -0.39 is 0 Å². The number of nitrogens with one attached hydrogen (secondary N) is 1. The summed E-state index contributed by atoms with van der Waals surface area (Å²) in [5.74, 6) is 0.217. The zero-order chi connectivity index (χ0) is 14.5. The summed E-state index contributed by atoms with van der Waals surface area (Å²) in [6.45, 7) is 0. The maximum atomic E-state index is 13.0. The lowest BCUT2D eigenvalue weighted by atomic mass is 9.99. The fourth-order valence-corrected chi connectivity index (χ4v) is 2.36. The number of halogens is 2. The molecule has 0 saturated heterocycles. The van der Waals surface area contributed by atoms with Crippen molar-refractivity contribution >= 4 is 17.4 Å². The van der Waals surface area contributed by atoms with Crippen molar-refractivity contribution in [3.05, 3.63) is 58.5 Å². The van der Waals surface area contributed by atoms with E-state index in [1.165, 1.54) is 12.1 Å². The van der Waals surface area contributed by atoms with Gasteiger partial charge in [-0.25, -0.2) is 9.37 Å². The van der Waals surface area contributed by atoms with Crippen LogP contribution in [0.4, 0.5) is 10.2 Å². The molecule has 3 N–H and O–H groups in total. The van der Waals surface area contributed by atoms with Crippen LogP contribution in [0.5, 0.6) is 0 Å². The van der Waals surface area contributed by atoms with Crippen LogP contribution in [-0.4, -0.2) is 18.1 Å². The lowest BCUT2D eigenvalue weighted by molar-refractivity contribution is 0.555. The molecule has 2 aromatic rings. The van der Waals surface area contributed by atoms with Gasteiger partial charge in [0.05, 0.1) is 0 Å². The van der Waals surface area contributed by atoms with Crippen molar-refractivity contribution in [2.75, 3.05) is 12.8 Å². The molecule has 0 fully saturated rings. The first-order valence-corrected chi connectivity index (χ1v) is 6.78. The topological polar surface area (TPSA) is 50.9 Å². The summed E-state index contributed by atoms with van der Waals surface area (Å²) < 4.78 is 13.0. The number of pyridine rings is 1. The van der Waals surface area contributed by atoms with Crippen molar-refractivity contribution in [3.63, 3.8) is 0 Å². The first-order valence-electron chi connectivity index (χ1n) is 6.40. The van der Waals surface area contributed by atoms with Gasteiger partial charge in [-0.2, -0.15) is 0 Å². The third kappa shape index (κ3) is 3.68. The van der Waals surface area contributed by atoms with Crippen LogP contribution in [0.2, 0.25) is 5.02 Å². The van der Waals surface area contributed by atoms with Gasteiger partial charge in [0.1, 0.15) is 11.6 Å². The molecule has 0 aliphatic heterocycles. The van der Waals surface area contributed by atoms with Crippen molar-refractivity contribution in [1.29, 1.82) is 0 Å². The zero-order valence-electron chi connectivity index (χ0n) is 11.2. The van der Waals surface area contributed by atoms with Gasteiger partial charge in [-0.15, -0.1) is 0 Å². The molecule has 1 unspecified atom stereocenters. The fourth-order valence-electron chi connectivity index (χ4n) is 2.12. The van der Waals surface area contributed by atoms with Gasteiger partial charge in [-0.1, -0.05) is 23.7 Å². The van der Waals surface area contributed by atoms with E-state index in [1.807, 2.05) is 19.2 Å². The number of likely N-dealkylation sites (N-methyl/N-ethyl adjacent to an activating group) is 1. The normalized spacial score (nSPS) is 12.3. The lowest BCUT2D eigenvalue weighted by Gasteiger charge is -2.17. The van der Waals surface area contributed by atoms with E-state index in [0.29, 0.717) is 17.3 Å². The maximum absolute atomic E-state index is 13.0. The quantitative estimate of drug-likeness (QED) is 0.891. The van der Waals surface area contributed by atoms with Gasteiger partial charge in [0.2, 0.25) is 0 Å². The number of rotatable bonds is 5. The smallest absolute Gasteiger partial charge is 0.126 e. The van der Waals surface area contributed by atoms with Crippen molar-refractivity contribution in [2.45, 2.75) is 18.9 Å². The first-order chi connectivity index (χ1) is 9.60. The predicted molar refractivity (Wildman–Crippen MR) is 80.3 cm³/mol. The van der Waals surface area contributed by atoms with E-state index in [-0.39, 0.29) is 11.9 Å². The van der Waals surface area contributed by atoms with Gasteiger partial charge < -0.3 is 11.1 Å². The molecule has 0 radical (unpaired) electrons. The molecule has 20 heavy (non-hydrogen) atoms. The van der Waals surface area contributed by atoms with Crippen LogP contribution in [0.25, 0.3) is 0 Å². The molecule has 0 spiro atoms. The Bertz CT molecular complexity index is 589. The summed E-state index contributed by atoms with van der Waals surface area (Å²) >= 11 is 6.06. The van der Waals surface area contributed by atoms with Crippen molar-refractivity contribution in [1.82, 2.24) is 10.3 Å². The highest BCUT2D eigenvalue weighted by Crippen LogP contribution is 2.20. The molecule has 1 heterocycles. The molecule has 0 aliphatic rings. The van der Waals surface area contributed by atoms with Crippen LogP contribution < -0.4 is 11.1 Å². The van der Waals surface area contributed by atoms with Crippen LogP contribution in [-0.2, 0) is 12.8 Å². The number of aromatic nitrogens is 1. The lowest BCUT2D eigenvalue weighted by Crippen LogP contribution is -2.30. The second-order valence-electron chi connectivity index (χ2n) is 4.68. The van der Waals surface area contributed by atoms with E-state index >= 15 is 0 Å². The van der Waals surface area contributed by atoms with E-state index in [2.05, 4.69) is 10.3 Å². The maximum Gasteiger partial charge on any atom is 0.126 e. The summed E-state index contributed by atoms with van der Waals surface area (Å²) in [4.78, 5) is 4.08. The number of nitrogens with zero attached hydrogens (tertiary/aromatic N) is 1. The number of nitrogens with two attached hydrogens (primary N) is 1. The summed E-state index contributed by atoms with van der Waals surface area (Å²) in [6, 6.07) is 8.45. The highest BCUT2D eigenvalue weighted by Gasteiger charge is 2.13. The Morgan fingerprint density at radius 3 is 2.70 bits per heavy atom. The monoisotopic (exact) mass is 293 g/mol. The third-order valence-electron chi connectivity index (χ3n) is 3.28. The van der Waals surface area contributed by atoms with Gasteiger partial charge in [-0.3, -0.25) is 0 Å². The molecule has 0 aliphatic carbocycles. The Morgan fingerprint density at radius 1 is 1.30 bits per heavy atom. The standard InChI is InChI=1S/C15H17ClFN3/c1-19-13(8-11-3-2-6-20-15(11)18)7-10-4-5-12(17)9-14(10)16/h2-6,9,13,19H,7-8H2,1H3,(H2,18,20). The minimum atomic E-state index is -0.323. The van der Waals surface area contributed by atoms with E-state index in [0.717, 1.165) is 17.5 Å². The molecule has 0 saturated carbocycles. The predicted octanol–water partition coefficient (Wildman–Crippen LogP) is 2.83. The average molecular weight is 294 g/mol. The van der Waals surface area contributed by atoms with Crippen LogP contribution in [0.1, 0.15) is 11.1 Å². The second-order valence-corrected chi connectivity index (χ2v) is 5.08. The van der Waals surface area contributed by atoms with Gasteiger partial charge in [0.15, 0.2) is 0 Å². The van der Waals surface area contributed by atoms with Crippen molar-refractivity contribution in [2.24, 2.45) is 0 Å². The Labute approximate surface area is 123 Å². The highest BCUT2D eigenvalue weighted by molar-refractivity contribution is 6.31. The number of hydrogen-bond donors (Lipinski definition) is 2. The van der Waals surface area contributed by atoms with E-state index in [1.54, 1.807) is 12.3 Å². The van der Waals surface area contributed by atoms with Gasteiger partial charge >= 0.3 is 0 Å². The average Bonchev–Trinajstić information content (AvgIpc) is 2.43. The molecule has 0 amide bonds. The third-order valence-corrected chi connectivity index (χ3v) is 3.63. The van der Waals surface area contributed by atoms with Crippen LogP contribution >= 0.6 is 11.6 Å². The molecule has 0 bridgehead atoms. The zero-order valence-corrected chi connectivity index (χ0v) is 12.0. The Kier molecular flexibility index (Phi) is 4.93. The minimum absolute atomic E-state index is 0.157. The second kappa shape index (κ2) is 6.68. The molecular formula is C15H17ClFN3. The largest absolute Gasteiger partial charge is 0.383 e. The molecule has 2 rings (SSSR count). The summed E-state index contributed by atoms with van der Waals surface area (Å²) in [5.41, 5.74) is 7.75. The molecule has 1 atom stereocenters. The number of nitrogen functional groups attached to an aromatic ring is 1. The molecular weight excluding hydrogens is 277 g/mol. The Morgan fingerprint density at radius 2 is 2.05 bits per heavy atom. The van der Waals surface area contributed by atoms with Crippen molar-refractivity contribution < 1.29 is 4.39 Å². The molecule has 3 nitrogen and oxygen atoms in total. The number of anilines is 1. The first kappa shape index (κ1) is 14.8. The van der Waals surface area contributed by atoms with Gasteiger partial charge in [0, 0.05) is 17.3 Å². The molecule has 5 heteroatoms. The summed E-state index contributed by atoms with van der Waals surface area (Å²) in [5, 5.41) is 3.68. The van der Waals surface area contributed by atoms with E-state index in [9.17, 15) is 4.39 Å². The Balaban J connectivity index is 2.11. The van der Waals surface area contributed by atoms with Crippen molar-refractivity contribution in [3.8, 4) is 0 Å². The summed E-state index contributed by atoms with van der Waals surface area (Å²) in [6.07, 6.45) is 3.11.